The summed E-state index contributed by atoms with van der Waals surface area (Å²) >= 11 is 0. The highest BCUT2D eigenvalue weighted by Gasteiger charge is 2.07. The number of rotatable bonds is 4. The van der Waals surface area contributed by atoms with Gasteiger partial charge in [0, 0.05) is 0 Å². The van der Waals surface area contributed by atoms with E-state index in [-0.39, 0.29) is 24.6 Å². The second kappa shape index (κ2) is 6.75. The molecule has 2 aromatic rings. The molecule has 2 aromatic carbocycles. The third-order valence-corrected chi connectivity index (χ3v) is 2.83. The Labute approximate surface area is 125 Å². The molecule has 0 saturated carbocycles. The monoisotopic (exact) mass is 308 g/mol. The third-order valence-electron chi connectivity index (χ3n) is 2.83. The highest BCUT2D eigenvalue weighted by Crippen LogP contribution is 2.15. The van der Waals surface area contributed by atoms with E-state index in [2.05, 4.69) is 0 Å². The van der Waals surface area contributed by atoms with Crippen molar-refractivity contribution in [2.24, 2.45) is 0 Å². The van der Waals surface area contributed by atoms with Gasteiger partial charge in [0.1, 0.15) is 24.8 Å². The summed E-state index contributed by atoms with van der Waals surface area (Å²) in [5, 5.41) is 0. The predicted octanol–water partition coefficient (Wildman–Crippen LogP) is 2.98. The van der Waals surface area contributed by atoms with Gasteiger partial charge < -0.3 is 20.9 Å². The minimum absolute atomic E-state index is 0.0312. The number of hydrogen-bond donors (Lipinski definition) is 2. The summed E-state index contributed by atoms with van der Waals surface area (Å²) in [6.45, 7) is -0.205. The first-order chi connectivity index (χ1) is 10.5. The minimum Gasteiger partial charge on any atom is -0.429 e. The van der Waals surface area contributed by atoms with Crippen molar-refractivity contribution in [1.29, 1.82) is 0 Å². The van der Waals surface area contributed by atoms with E-state index in [0.717, 1.165) is 0 Å². The van der Waals surface area contributed by atoms with Crippen LogP contribution in [-0.2, 0) is 22.7 Å². The second-order valence-electron chi connectivity index (χ2n) is 4.54. The number of anilines is 2. The van der Waals surface area contributed by atoms with Crippen LogP contribution in [0, 0.1) is 11.6 Å². The Hall–Kier alpha value is -2.83. The molecule has 0 heterocycles. The van der Waals surface area contributed by atoms with E-state index < -0.39 is 17.8 Å². The fraction of sp³-hybridized carbons (Fsp3) is 0.133. The molecular formula is C15H14F2N2O3. The average Bonchev–Trinajstić information content (AvgIpc) is 2.49. The summed E-state index contributed by atoms with van der Waals surface area (Å²) in [6.07, 6.45) is -0.911. The number of ether oxygens (including phenoxy) is 2. The highest BCUT2D eigenvalue weighted by molar-refractivity contribution is 5.60. The van der Waals surface area contributed by atoms with Crippen molar-refractivity contribution < 1.29 is 23.0 Å². The average molecular weight is 308 g/mol. The molecule has 0 bridgehead atoms. The maximum Gasteiger partial charge on any atom is 0.508 e. The Morgan fingerprint density at radius 3 is 1.64 bits per heavy atom. The van der Waals surface area contributed by atoms with E-state index in [1.54, 1.807) is 0 Å². The summed E-state index contributed by atoms with van der Waals surface area (Å²) in [5.74, 6) is -1.08. The van der Waals surface area contributed by atoms with Crippen LogP contribution in [0.4, 0.5) is 25.0 Å². The molecule has 5 nitrogen and oxygen atoms in total. The Bertz CT molecular complexity index is 635. The Morgan fingerprint density at radius 1 is 0.864 bits per heavy atom. The third kappa shape index (κ3) is 4.08. The van der Waals surface area contributed by atoms with Gasteiger partial charge in [-0.05, 0) is 35.4 Å². The molecule has 7 heteroatoms. The maximum absolute atomic E-state index is 13.0. The van der Waals surface area contributed by atoms with Gasteiger partial charge in [-0.3, -0.25) is 0 Å². The smallest absolute Gasteiger partial charge is 0.429 e. The van der Waals surface area contributed by atoms with Crippen LogP contribution in [0.25, 0.3) is 0 Å². The SMILES string of the molecule is Nc1cc(COC(=O)OCc2ccc(F)c(N)c2)ccc1F. The van der Waals surface area contributed by atoms with Crippen LogP contribution in [0.5, 0.6) is 0 Å². The zero-order valence-corrected chi connectivity index (χ0v) is 11.5. The first-order valence-electron chi connectivity index (χ1n) is 6.33. The first kappa shape index (κ1) is 15.6. The summed E-state index contributed by atoms with van der Waals surface area (Å²) in [4.78, 5) is 11.4. The molecule has 0 spiro atoms. The van der Waals surface area contributed by atoms with Crippen molar-refractivity contribution in [2.45, 2.75) is 13.2 Å². The summed E-state index contributed by atoms with van der Waals surface area (Å²) < 4.78 is 35.7. The lowest BCUT2D eigenvalue weighted by Gasteiger charge is -2.08. The molecule has 0 amide bonds. The molecule has 2 rings (SSSR count). The standard InChI is InChI=1S/C15H14F2N2O3/c16-11-3-1-9(5-13(11)18)7-21-15(20)22-8-10-2-4-12(17)14(19)6-10/h1-6H,7-8,18-19H2. The normalized spacial score (nSPS) is 10.3. The Kier molecular flexibility index (Phi) is 4.77. The van der Waals surface area contributed by atoms with Gasteiger partial charge in [0.15, 0.2) is 0 Å². The summed E-state index contributed by atoms with van der Waals surface area (Å²) in [7, 11) is 0. The highest BCUT2D eigenvalue weighted by atomic mass is 19.1. The predicted molar refractivity (Wildman–Crippen MR) is 76.6 cm³/mol. The van der Waals surface area contributed by atoms with E-state index in [1.165, 1.54) is 36.4 Å². The molecule has 22 heavy (non-hydrogen) atoms. The van der Waals surface area contributed by atoms with Crippen LogP contribution in [0.15, 0.2) is 36.4 Å². The van der Waals surface area contributed by atoms with E-state index in [0.29, 0.717) is 11.1 Å². The summed E-state index contributed by atoms with van der Waals surface area (Å²) in [5.41, 5.74) is 11.8. The van der Waals surface area contributed by atoms with Crippen LogP contribution in [0.3, 0.4) is 0 Å². The van der Waals surface area contributed by atoms with Gasteiger partial charge in [0.2, 0.25) is 0 Å². The topological polar surface area (TPSA) is 87.6 Å². The zero-order valence-electron chi connectivity index (χ0n) is 11.5. The second-order valence-corrected chi connectivity index (χ2v) is 4.54. The molecule has 0 aliphatic rings. The van der Waals surface area contributed by atoms with Crippen molar-refractivity contribution in [3.8, 4) is 0 Å². The van der Waals surface area contributed by atoms with Crippen LogP contribution in [0.1, 0.15) is 11.1 Å². The maximum atomic E-state index is 13.0. The number of benzene rings is 2. The molecule has 0 aliphatic heterocycles. The molecule has 0 fully saturated rings. The number of carbonyl (C=O) groups is 1. The summed E-state index contributed by atoms with van der Waals surface area (Å²) in [6, 6.07) is 7.98. The molecule has 0 aromatic heterocycles. The first-order valence-corrected chi connectivity index (χ1v) is 6.33. The number of carbonyl (C=O) groups excluding carboxylic acids is 1. The van der Waals surface area contributed by atoms with E-state index in [9.17, 15) is 13.6 Å². The van der Waals surface area contributed by atoms with Crippen molar-refractivity contribution >= 4 is 17.5 Å². The largest absolute Gasteiger partial charge is 0.508 e. The van der Waals surface area contributed by atoms with Crippen LogP contribution < -0.4 is 11.5 Å². The van der Waals surface area contributed by atoms with Crippen LogP contribution in [-0.4, -0.2) is 6.16 Å². The zero-order chi connectivity index (χ0) is 16.1. The molecular weight excluding hydrogens is 294 g/mol. The minimum atomic E-state index is -0.911. The Morgan fingerprint density at radius 2 is 1.27 bits per heavy atom. The number of hydrogen-bond acceptors (Lipinski definition) is 5. The fourth-order valence-corrected chi connectivity index (χ4v) is 1.69. The van der Waals surface area contributed by atoms with E-state index in [1.807, 2.05) is 0 Å². The number of nitrogen functional groups attached to an aromatic ring is 2. The van der Waals surface area contributed by atoms with Crippen molar-refractivity contribution in [3.05, 3.63) is 59.2 Å². The molecule has 0 aliphatic carbocycles. The van der Waals surface area contributed by atoms with E-state index >= 15 is 0 Å². The van der Waals surface area contributed by atoms with Gasteiger partial charge in [-0.2, -0.15) is 0 Å². The van der Waals surface area contributed by atoms with Gasteiger partial charge in [0.25, 0.3) is 0 Å². The fourth-order valence-electron chi connectivity index (χ4n) is 1.69. The molecule has 4 N–H and O–H groups in total. The van der Waals surface area contributed by atoms with Gasteiger partial charge in [0.05, 0.1) is 11.4 Å². The van der Waals surface area contributed by atoms with Gasteiger partial charge >= 0.3 is 6.16 Å². The van der Waals surface area contributed by atoms with Crippen LogP contribution in [0.2, 0.25) is 0 Å². The number of nitrogens with two attached hydrogens (primary N) is 2. The lowest BCUT2D eigenvalue weighted by Crippen LogP contribution is -2.08. The van der Waals surface area contributed by atoms with Crippen molar-refractivity contribution in [1.82, 2.24) is 0 Å². The van der Waals surface area contributed by atoms with Crippen molar-refractivity contribution in [2.75, 3.05) is 11.5 Å². The molecule has 0 atom stereocenters. The van der Waals surface area contributed by atoms with E-state index in [4.69, 9.17) is 20.9 Å². The molecule has 0 unspecified atom stereocenters. The lowest BCUT2D eigenvalue weighted by molar-refractivity contribution is 0.0446. The quantitative estimate of drug-likeness (QED) is 0.669. The van der Waals surface area contributed by atoms with Crippen molar-refractivity contribution in [3.63, 3.8) is 0 Å². The van der Waals surface area contributed by atoms with Crippen LogP contribution >= 0.6 is 0 Å². The molecule has 0 radical (unpaired) electrons. The van der Waals surface area contributed by atoms with Gasteiger partial charge in [-0.1, -0.05) is 12.1 Å². The number of halogens is 2. The molecule has 0 saturated heterocycles. The lowest BCUT2D eigenvalue weighted by atomic mass is 10.2. The molecule has 116 valence electrons. The van der Waals surface area contributed by atoms with Gasteiger partial charge in [-0.15, -0.1) is 0 Å². The van der Waals surface area contributed by atoms with Gasteiger partial charge in [-0.25, -0.2) is 13.6 Å². The Balaban J connectivity index is 1.82.